The van der Waals surface area contributed by atoms with Crippen LogP contribution in [0.25, 0.3) is 0 Å². The fraction of sp³-hybridized carbons (Fsp3) is 0.444. The van der Waals surface area contributed by atoms with Crippen molar-refractivity contribution < 1.29 is 32.3 Å². The largest absolute Gasteiger partial charge is 0.460 e. The molecule has 7 nitrogen and oxygen atoms in total. The number of hydrogen-bond acceptors (Lipinski definition) is 6. The number of hydrazine groups is 1. The van der Waals surface area contributed by atoms with E-state index in [1.54, 1.807) is 20.8 Å². The van der Waals surface area contributed by atoms with E-state index in [1.807, 2.05) is 0 Å². The van der Waals surface area contributed by atoms with Crippen molar-refractivity contribution in [3.05, 3.63) is 34.0 Å². The number of carbonyl (C=O) groups is 3. The van der Waals surface area contributed by atoms with Crippen LogP contribution in [0, 0.1) is 0 Å². The van der Waals surface area contributed by atoms with Crippen molar-refractivity contribution in [2.75, 3.05) is 5.43 Å². The van der Waals surface area contributed by atoms with Crippen LogP contribution in [0.2, 0.25) is 5.15 Å². The summed E-state index contributed by atoms with van der Waals surface area (Å²) in [5, 5.41) is -0.206. The Morgan fingerprint density at radius 2 is 1.83 bits per heavy atom. The van der Waals surface area contributed by atoms with Gasteiger partial charge in [0, 0.05) is 17.6 Å². The van der Waals surface area contributed by atoms with Gasteiger partial charge in [0.05, 0.1) is 5.56 Å². The molecular weight excluding hydrogens is 415 g/mol. The Labute approximate surface area is 169 Å². The fourth-order valence-corrected chi connectivity index (χ4v) is 2.78. The minimum absolute atomic E-state index is 0.0231. The van der Waals surface area contributed by atoms with E-state index < -0.39 is 40.3 Å². The molecule has 0 aliphatic carbocycles. The van der Waals surface area contributed by atoms with Crippen LogP contribution in [0.3, 0.4) is 0 Å². The normalized spacial score (nSPS) is 15.2. The molecule has 0 fully saturated rings. The van der Waals surface area contributed by atoms with Gasteiger partial charge in [-0.25, -0.2) is 4.98 Å². The van der Waals surface area contributed by atoms with Gasteiger partial charge in [-0.05, 0) is 46.2 Å². The van der Waals surface area contributed by atoms with E-state index in [0.717, 1.165) is 6.07 Å². The Kier molecular flexibility index (Phi) is 6.27. The minimum Gasteiger partial charge on any atom is -0.460 e. The molecule has 0 unspecified atom stereocenters. The first-order chi connectivity index (χ1) is 13.2. The predicted molar refractivity (Wildman–Crippen MR) is 97.5 cm³/mol. The molecule has 2 heterocycles. The Morgan fingerprint density at radius 3 is 2.34 bits per heavy atom. The molecule has 0 atom stereocenters. The van der Waals surface area contributed by atoms with E-state index in [4.69, 9.17) is 16.3 Å². The molecule has 2 amide bonds. The summed E-state index contributed by atoms with van der Waals surface area (Å²) >= 11 is 5.55. The lowest BCUT2D eigenvalue weighted by atomic mass is 10.1. The highest BCUT2D eigenvalue weighted by atomic mass is 35.5. The van der Waals surface area contributed by atoms with E-state index in [0.29, 0.717) is 11.1 Å². The van der Waals surface area contributed by atoms with Crippen molar-refractivity contribution in [1.82, 2.24) is 9.99 Å². The number of esters is 1. The highest BCUT2D eigenvalue weighted by Crippen LogP contribution is 2.34. The van der Waals surface area contributed by atoms with Crippen molar-refractivity contribution in [2.24, 2.45) is 0 Å². The number of hydrogen-bond donors (Lipinski definition) is 1. The third-order valence-corrected chi connectivity index (χ3v) is 4.11. The van der Waals surface area contributed by atoms with Gasteiger partial charge in [-0.15, -0.1) is 0 Å². The lowest BCUT2D eigenvalue weighted by Crippen LogP contribution is -2.37. The van der Waals surface area contributed by atoms with Crippen LogP contribution in [0.4, 0.5) is 19.0 Å². The summed E-state index contributed by atoms with van der Waals surface area (Å²) in [5.41, 5.74) is 0.752. The first-order valence-corrected chi connectivity index (χ1v) is 8.89. The van der Waals surface area contributed by atoms with Gasteiger partial charge >= 0.3 is 12.1 Å². The molecular formula is C18H19ClF3N3O4. The van der Waals surface area contributed by atoms with E-state index >= 15 is 0 Å². The molecule has 0 aromatic carbocycles. The summed E-state index contributed by atoms with van der Waals surface area (Å²) in [7, 11) is 0. The summed E-state index contributed by atoms with van der Waals surface area (Å²) in [4.78, 5) is 40.3. The van der Waals surface area contributed by atoms with Gasteiger partial charge in [-0.2, -0.15) is 18.2 Å². The van der Waals surface area contributed by atoms with Gasteiger partial charge in [-0.1, -0.05) is 11.6 Å². The minimum atomic E-state index is -4.69. The molecule has 0 saturated heterocycles. The number of rotatable bonds is 5. The number of ether oxygens (including phenoxy) is 1. The Bertz CT molecular complexity index is 891. The number of nitrogens with one attached hydrogen (secondary N) is 1. The number of alkyl halides is 3. The van der Waals surface area contributed by atoms with Crippen LogP contribution < -0.4 is 5.43 Å². The van der Waals surface area contributed by atoms with Gasteiger partial charge in [-0.3, -0.25) is 19.8 Å². The number of pyridine rings is 1. The zero-order valence-electron chi connectivity index (χ0n) is 16.1. The number of anilines is 1. The topological polar surface area (TPSA) is 88.6 Å². The smallest absolute Gasteiger partial charge is 0.419 e. The average molecular weight is 434 g/mol. The van der Waals surface area contributed by atoms with Crippen LogP contribution in [-0.2, 0) is 25.3 Å². The lowest BCUT2D eigenvalue weighted by molar-refractivity contribution is -0.154. The molecule has 11 heteroatoms. The molecule has 0 bridgehead atoms. The summed E-state index contributed by atoms with van der Waals surface area (Å²) in [6.45, 7) is 6.52. The van der Waals surface area contributed by atoms with Gasteiger partial charge in [0.25, 0.3) is 11.8 Å². The number of halogens is 4. The summed E-state index contributed by atoms with van der Waals surface area (Å²) in [6, 6.07) is 1.63. The molecule has 29 heavy (non-hydrogen) atoms. The van der Waals surface area contributed by atoms with Gasteiger partial charge in [0.1, 0.15) is 16.6 Å². The Balaban J connectivity index is 2.10. The molecule has 1 aromatic rings. The highest BCUT2D eigenvalue weighted by molar-refractivity contribution is 6.30. The molecule has 1 aliphatic rings. The van der Waals surface area contributed by atoms with Crippen LogP contribution in [0.15, 0.2) is 23.3 Å². The Morgan fingerprint density at radius 1 is 1.21 bits per heavy atom. The number of carbonyl (C=O) groups excluding carboxylic acids is 3. The Hall–Kier alpha value is -2.62. The third-order valence-electron chi connectivity index (χ3n) is 3.82. The van der Waals surface area contributed by atoms with Crippen LogP contribution >= 0.6 is 11.6 Å². The van der Waals surface area contributed by atoms with Gasteiger partial charge in [0.15, 0.2) is 0 Å². The molecule has 0 radical (unpaired) electrons. The molecule has 1 aromatic heterocycles. The van der Waals surface area contributed by atoms with Crippen LogP contribution in [-0.4, -0.2) is 33.4 Å². The predicted octanol–water partition coefficient (Wildman–Crippen LogP) is 3.89. The quantitative estimate of drug-likeness (QED) is 0.430. The maximum atomic E-state index is 12.8. The first-order valence-electron chi connectivity index (χ1n) is 8.51. The van der Waals surface area contributed by atoms with Crippen molar-refractivity contribution in [2.45, 2.75) is 52.3 Å². The zero-order chi connectivity index (χ0) is 22.1. The van der Waals surface area contributed by atoms with Gasteiger partial charge in [0.2, 0.25) is 0 Å². The number of imide groups is 1. The van der Waals surface area contributed by atoms with Crippen molar-refractivity contribution >= 4 is 35.2 Å². The summed E-state index contributed by atoms with van der Waals surface area (Å²) < 4.78 is 43.4. The van der Waals surface area contributed by atoms with Gasteiger partial charge < -0.3 is 4.74 Å². The van der Waals surface area contributed by atoms with E-state index in [9.17, 15) is 27.6 Å². The second-order valence-electron chi connectivity index (χ2n) is 7.28. The second kappa shape index (κ2) is 8.02. The number of aromatic nitrogens is 1. The summed E-state index contributed by atoms with van der Waals surface area (Å²) in [5.74, 6) is -2.17. The maximum absolute atomic E-state index is 12.8. The van der Waals surface area contributed by atoms with Crippen molar-refractivity contribution in [1.29, 1.82) is 0 Å². The zero-order valence-corrected chi connectivity index (χ0v) is 16.9. The number of nitrogens with zero attached hydrogens (tertiary/aromatic N) is 2. The van der Waals surface area contributed by atoms with Crippen molar-refractivity contribution in [3.8, 4) is 0 Å². The first kappa shape index (κ1) is 22.7. The molecule has 1 aliphatic heterocycles. The maximum Gasteiger partial charge on any atom is 0.419 e. The SMILES string of the molecule is CC1=C(CCC(=O)OC(C)(C)C)C(=O)N(Nc2ccc(C(F)(F)F)c(Cl)n2)C1=O. The second-order valence-corrected chi connectivity index (χ2v) is 7.64. The highest BCUT2D eigenvalue weighted by Gasteiger charge is 2.37. The molecule has 2 rings (SSSR count). The number of amides is 2. The van der Waals surface area contributed by atoms with E-state index in [-0.39, 0.29) is 29.8 Å². The molecule has 1 N–H and O–H groups in total. The van der Waals surface area contributed by atoms with E-state index in [1.165, 1.54) is 6.92 Å². The third kappa shape index (κ3) is 5.47. The monoisotopic (exact) mass is 433 g/mol. The molecule has 0 saturated carbocycles. The molecule has 158 valence electrons. The average Bonchev–Trinajstić information content (AvgIpc) is 2.74. The fourth-order valence-electron chi connectivity index (χ4n) is 2.52. The lowest BCUT2D eigenvalue weighted by Gasteiger charge is -2.19. The van der Waals surface area contributed by atoms with Crippen LogP contribution in [0.1, 0.15) is 46.1 Å². The van der Waals surface area contributed by atoms with E-state index in [2.05, 4.69) is 10.4 Å². The van der Waals surface area contributed by atoms with Crippen molar-refractivity contribution in [3.63, 3.8) is 0 Å². The summed E-state index contributed by atoms with van der Waals surface area (Å²) in [6.07, 6.45) is -4.82. The van der Waals surface area contributed by atoms with Crippen LogP contribution in [0.5, 0.6) is 0 Å². The standard InChI is InChI=1S/C18H19ClF3N3O4/c1-9-10(5-8-13(26)29-17(2,3)4)16(28)25(15(9)27)24-12-7-6-11(14(19)23-12)18(20,21)22/h6-7H,5,8H2,1-4H3,(H,23,24). The molecule has 0 spiro atoms.